The smallest absolute Gasteiger partial charge is 0.227 e. The number of nitrogens with zero attached hydrogens (tertiary/aromatic N) is 1. The second-order valence-corrected chi connectivity index (χ2v) is 4.60. The maximum absolute atomic E-state index is 12.1. The molecule has 98 valence electrons. The van der Waals surface area contributed by atoms with Gasteiger partial charge in [-0.2, -0.15) is 0 Å². The summed E-state index contributed by atoms with van der Waals surface area (Å²) in [5, 5.41) is 0. The molecule has 1 heterocycles. The number of hydrogen-bond donors (Lipinski definition) is 1. The maximum Gasteiger partial charge on any atom is 0.227 e. The first kappa shape index (κ1) is 12.9. The minimum atomic E-state index is 0.129. The van der Waals surface area contributed by atoms with Crippen molar-refractivity contribution in [2.75, 3.05) is 18.1 Å². The summed E-state index contributed by atoms with van der Waals surface area (Å²) in [6, 6.07) is 7.80. The maximum atomic E-state index is 12.1. The Labute approximate surface area is 108 Å². The molecule has 1 aromatic rings. The SMILES string of the molecule is CCOc1ccccc1N1C(=O)CC(CN)C1C. The highest BCUT2D eigenvalue weighted by Gasteiger charge is 2.37. The highest BCUT2D eigenvalue weighted by atomic mass is 16.5. The van der Waals surface area contributed by atoms with E-state index in [-0.39, 0.29) is 17.9 Å². The lowest BCUT2D eigenvalue weighted by Crippen LogP contribution is -2.35. The molecule has 1 saturated heterocycles. The standard InChI is InChI=1S/C14H20N2O2/c1-3-18-13-7-5-4-6-12(13)16-10(2)11(9-15)8-14(16)17/h4-7,10-11H,3,8-9,15H2,1-2H3. The van der Waals surface area contributed by atoms with E-state index in [4.69, 9.17) is 10.5 Å². The molecule has 0 aliphatic carbocycles. The third-order valence-corrected chi connectivity index (χ3v) is 3.52. The van der Waals surface area contributed by atoms with Crippen molar-refractivity contribution in [3.8, 4) is 5.75 Å². The predicted molar refractivity (Wildman–Crippen MR) is 71.7 cm³/mol. The molecule has 4 nitrogen and oxygen atoms in total. The summed E-state index contributed by atoms with van der Waals surface area (Å²) < 4.78 is 5.59. The Morgan fingerprint density at radius 3 is 2.78 bits per heavy atom. The average Bonchev–Trinajstić information content (AvgIpc) is 2.66. The number of hydrogen-bond acceptors (Lipinski definition) is 3. The van der Waals surface area contributed by atoms with Gasteiger partial charge in [-0.3, -0.25) is 4.79 Å². The van der Waals surface area contributed by atoms with E-state index in [1.165, 1.54) is 0 Å². The monoisotopic (exact) mass is 248 g/mol. The van der Waals surface area contributed by atoms with Crippen molar-refractivity contribution >= 4 is 11.6 Å². The van der Waals surface area contributed by atoms with Crippen LogP contribution in [0.5, 0.6) is 5.75 Å². The van der Waals surface area contributed by atoms with Gasteiger partial charge in [0.15, 0.2) is 0 Å². The van der Waals surface area contributed by atoms with Gasteiger partial charge in [-0.1, -0.05) is 12.1 Å². The van der Waals surface area contributed by atoms with Crippen LogP contribution in [0.3, 0.4) is 0 Å². The second kappa shape index (κ2) is 5.40. The van der Waals surface area contributed by atoms with Crippen molar-refractivity contribution in [1.82, 2.24) is 0 Å². The fourth-order valence-electron chi connectivity index (χ4n) is 2.50. The van der Waals surface area contributed by atoms with Crippen LogP contribution in [-0.4, -0.2) is 25.1 Å². The van der Waals surface area contributed by atoms with Gasteiger partial charge in [0.05, 0.1) is 12.3 Å². The average molecular weight is 248 g/mol. The van der Waals surface area contributed by atoms with Gasteiger partial charge >= 0.3 is 0 Å². The molecule has 1 fully saturated rings. The van der Waals surface area contributed by atoms with E-state index in [0.29, 0.717) is 19.6 Å². The number of nitrogens with two attached hydrogens (primary N) is 1. The van der Waals surface area contributed by atoms with Gasteiger partial charge in [0, 0.05) is 18.4 Å². The lowest BCUT2D eigenvalue weighted by atomic mass is 10.0. The van der Waals surface area contributed by atoms with Crippen LogP contribution in [0.15, 0.2) is 24.3 Å². The molecular weight excluding hydrogens is 228 g/mol. The van der Waals surface area contributed by atoms with Crippen molar-refractivity contribution in [1.29, 1.82) is 0 Å². The summed E-state index contributed by atoms with van der Waals surface area (Å²) in [4.78, 5) is 13.9. The molecule has 1 aliphatic rings. The summed E-state index contributed by atoms with van der Waals surface area (Å²) in [7, 11) is 0. The van der Waals surface area contributed by atoms with Gasteiger partial charge in [-0.05, 0) is 32.5 Å². The Balaban J connectivity index is 2.33. The van der Waals surface area contributed by atoms with E-state index in [1.807, 2.05) is 43.0 Å². The molecule has 0 aromatic heterocycles. The summed E-state index contributed by atoms with van der Waals surface area (Å²) in [5.41, 5.74) is 6.57. The first-order valence-corrected chi connectivity index (χ1v) is 6.43. The Kier molecular flexibility index (Phi) is 3.87. The fraction of sp³-hybridized carbons (Fsp3) is 0.500. The highest BCUT2D eigenvalue weighted by molar-refractivity contribution is 5.97. The number of carbonyl (C=O) groups excluding carboxylic acids is 1. The Morgan fingerprint density at radius 2 is 2.17 bits per heavy atom. The number of amides is 1. The van der Waals surface area contributed by atoms with Crippen molar-refractivity contribution in [2.45, 2.75) is 26.3 Å². The van der Waals surface area contributed by atoms with Crippen LogP contribution in [0.1, 0.15) is 20.3 Å². The molecule has 1 aromatic carbocycles. The molecule has 18 heavy (non-hydrogen) atoms. The molecule has 2 rings (SSSR count). The van der Waals surface area contributed by atoms with Gasteiger partial charge in [-0.15, -0.1) is 0 Å². The summed E-state index contributed by atoms with van der Waals surface area (Å²) in [6.07, 6.45) is 0.526. The number of anilines is 1. The Bertz CT molecular complexity index is 434. The molecular formula is C14H20N2O2. The highest BCUT2D eigenvalue weighted by Crippen LogP contribution is 2.36. The van der Waals surface area contributed by atoms with Crippen LogP contribution in [0.2, 0.25) is 0 Å². The first-order valence-electron chi connectivity index (χ1n) is 6.43. The third kappa shape index (κ3) is 2.20. The molecule has 2 atom stereocenters. The summed E-state index contributed by atoms with van der Waals surface area (Å²) in [5.74, 6) is 1.12. The van der Waals surface area contributed by atoms with Crippen LogP contribution in [0.25, 0.3) is 0 Å². The number of rotatable bonds is 4. The quantitative estimate of drug-likeness (QED) is 0.883. The lowest BCUT2D eigenvalue weighted by Gasteiger charge is -2.26. The molecule has 1 amide bonds. The van der Waals surface area contributed by atoms with Crippen LogP contribution < -0.4 is 15.4 Å². The molecule has 4 heteroatoms. The normalized spacial score (nSPS) is 23.5. The summed E-state index contributed by atoms with van der Waals surface area (Å²) in [6.45, 7) is 5.12. The van der Waals surface area contributed by atoms with Crippen molar-refractivity contribution < 1.29 is 9.53 Å². The van der Waals surface area contributed by atoms with Gasteiger partial charge in [0.25, 0.3) is 0 Å². The Morgan fingerprint density at radius 1 is 1.44 bits per heavy atom. The van der Waals surface area contributed by atoms with E-state index in [2.05, 4.69) is 0 Å². The minimum Gasteiger partial charge on any atom is -0.492 e. The van der Waals surface area contributed by atoms with Crippen molar-refractivity contribution in [3.63, 3.8) is 0 Å². The van der Waals surface area contributed by atoms with E-state index in [0.717, 1.165) is 11.4 Å². The first-order chi connectivity index (χ1) is 8.69. The van der Waals surface area contributed by atoms with Crippen molar-refractivity contribution in [2.24, 2.45) is 11.7 Å². The predicted octanol–water partition coefficient (Wildman–Crippen LogP) is 1.79. The lowest BCUT2D eigenvalue weighted by molar-refractivity contribution is -0.117. The second-order valence-electron chi connectivity index (χ2n) is 4.60. The zero-order chi connectivity index (χ0) is 13.1. The topological polar surface area (TPSA) is 55.6 Å². The molecule has 2 N–H and O–H groups in total. The Hall–Kier alpha value is -1.55. The van der Waals surface area contributed by atoms with Crippen LogP contribution in [0.4, 0.5) is 5.69 Å². The molecule has 2 unspecified atom stereocenters. The van der Waals surface area contributed by atoms with E-state index < -0.39 is 0 Å². The molecule has 0 saturated carbocycles. The van der Waals surface area contributed by atoms with Crippen LogP contribution in [-0.2, 0) is 4.79 Å². The van der Waals surface area contributed by atoms with Gasteiger partial charge in [0.1, 0.15) is 5.75 Å². The number of carbonyl (C=O) groups is 1. The van der Waals surface area contributed by atoms with Crippen LogP contribution in [0, 0.1) is 5.92 Å². The zero-order valence-corrected chi connectivity index (χ0v) is 10.9. The zero-order valence-electron chi connectivity index (χ0n) is 10.9. The molecule has 0 spiro atoms. The van der Waals surface area contributed by atoms with Gasteiger partial charge in [0.2, 0.25) is 5.91 Å². The minimum absolute atomic E-state index is 0.129. The van der Waals surface area contributed by atoms with Crippen molar-refractivity contribution in [3.05, 3.63) is 24.3 Å². The van der Waals surface area contributed by atoms with E-state index in [9.17, 15) is 4.79 Å². The van der Waals surface area contributed by atoms with E-state index >= 15 is 0 Å². The summed E-state index contributed by atoms with van der Waals surface area (Å²) >= 11 is 0. The van der Waals surface area contributed by atoms with Gasteiger partial charge < -0.3 is 15.4 Å². The van der Waals surface area contributed by atoms with E-state index in [1.54, 1.807) is 0 Å². The third-order valence-electron chi connectivity index (χ3n) is 3.52. The van der Waals surface area contributed by atoms with Crippen LogP contribution >= 0.6 is 0 Å². The van der Waals surface area contributed by atoms with Gasteiger partial charge in [-0.25, -0.2) is 0 Å². The fourth-order valence-corrected chi connectivity index (χ4v) is 2.50. The molecule has 0 radical (unpaired) electrons. The molecule has 1 aliphatic heterocycles. The number of para-hydroxylation sites is 2. The molecule has 0 bridgehead atoms. The largest absolute Gasteiger partial charge is 0.492 e. The number of benzene rings is 1. The number of ether oxygens (including phenoxy) is 1.